The summed E-state index contributed by atoms with van der Waals surface area (Å²) in [6, 6.07) is 2.75. The second-order valence-electron chi connectivity index (χ2n) is 6.53. The highest BCUT2D eigenvalue weighted by atomic mass is 19.4. The number of amides is 1. The van der Waals surface area contributed by atoms with Crippen LogP contribution in [0, 0.1) is 5.82 Å². The summed E-state index contributed by atoms with van der Waals surface area (Å²) >= 11 is 0. The smallest absolute Gasteiger partial charge is 0.419 e. The summed E-state index contributed by atoms with van der Waals surface area (Å²) in [5, 5.41) is 3.00. The van der Waals surface area contributed by atoms with Crippen LogP contribution in [0.5, 0.6) is 0 Å². The number of benzene rings is 1. The Bertz CT molecular complexity index is 621. The van der Waals surface area contributed by atoms with E-state index in [2.05, 4.69) is 10.1 Å². The van der Waals surface area contributed by atoms with Crippen molar-refractivity contribution in [3.8, 4) is 0 Å². The third-order valence-corrected chi connectivity index (χ3v) is 3.34. The number of nitrogens with zero attached hydrogens (tertiary/aromatic N) is 1. The molecule has 1 N–H and O–H groups in total. The van der Waals surface area contributed by atoms with Gasteiger partial charge in [0.2, 0.25) is 0 Å². The lowest BCUT2D eigenvalue weighted by molar-refractivity contribution is -0.140. The summed E-state index contributed by atoms with van der Waals surface area (Å²) in [6.07, 6.45) is -4.80. The molecular weight excluding hydrogens is 356 g/mol. The van der Waals surface area contributed by atoms with E-state index in [1.54, 1.807) is 0 Å². The fourth-order valence-electron chi connectivity index (χ4n) is 2.10. The molecule has 0 bridgehead atoms. The molecule has 0 radical (unpaired) electrons. The van der Waals surface area contributed by atoms with Crippen molar-refractivity contribution in [1.29, 1.82) is 0 Å². The minimum Gasteiger partial charge on any atom is -0.462 e. The maximum absolute atomic E-state index is 13.8. The largest absolute Gasteiger partial charge is 0.462 e. The number of carbonyl (C=O) groups excluding carboxylic acids is 2. The molecule has 0 aliphatic carbocycles. The van der Waals surface area contributed by atoms with E-state index in [0.29, 0.717) is 38.7 Å². The van der Waals surface area contributed by atoms with Crippen LogP contribution >= 0.6 is 0 Å². The van der Waals surface area contributed by atoms with Gasteiger partial charge in [-0.25, -0.2) is 4.39 Å². The molecule has 1 fully saturated rings. The summed E-state index contributed by atoms with van der Waals surface area (Å²) < 4.78 is 56.0. The van der Waals surface area contributed by atoms with Gasteiger partial charge in [-0.15, -0.1) is 0 Å². The van der Waals surface area contributed by atoms with Crippen LogP contribution in [-0.4, -0.2) is 49.1 Å². The molecule has 0 unspecified atom stereocenters. The summed E-state index contributed by atoms with van der Waals surface area (Å²) in [5.41, 5.74) is -2.26. The van der Waals surface area contributed by atoms with Gasteiger partial charge in [0.15, 0.2) is 0 Å². The molecule has 9 heteroatoms. The third kappa shape index (κ3) is 6.62. The highest BCUT2D eigenvalue weighted by Crippen LogP contribution is 2.32. The summed E-state index contributed by atoms with van der Waals surface area (Å²) in [7, 11) is 0. The number of hydrogen-bond acceptors (Lipinski definition) is 4. The number of hydrogen-bond donors (Lipinski definition) is 1. The van der Waals surface area contributed by atoms with Crippen molar-refractivity contribution in [3.63, 3.8) is 0 Å². The molecule has 1 heterocycles. The van der Waals surface area contributed by atoms with Crippen LogP contribution in [-0.2, 0) is 15.7 Å². The Morgan fingerprint density at radius 1 is 1.19 bits per heavy atom. The Balaban J connectivity index is 0.000000412. The molecule has 1 amide bonds. The standard InChI is InChI=1S/C12H12F4N2O.C5H10O2/c13-10-8(2-1-3-9(10)12(14,15)16)11(19)18-6-4-17-5-7-18;1-5(2,3)7-4-6/h1-3,17H,4-7H2;4H,1-3H3. The maximum atomic E-state index is 13.8. The molecule has 26 heavy (non-hydrogen) atoms. The number of piperazine rings is 1. The fourth-order valence-corrected chi connectivity index (χ4v) is 2.10. The van der Waals surface area contributed by atoms with Crippen molar-refractivity contribution in [1.82, 2.24) is 10.2 Å². The first kappa shape index (κ1) is 21.9. The molecule has 1 aromatic carbocycles. The number of carbonyl (C=O) groups is 2. The van der Waals surface area contributed by atoms with E-state index in [1.165, 1.54) is 4.90 Å². The molecule has 5 nitrogen and oxygen atoms in total. The maximum Gasteiger partial charge on any atom is 0.419 e. The van der Waals surface area contributed by atoms with E-state index in [-0.39, 0.29) is 5.60 Å². The topological polar surface area (TPSA) is 58.6 Å². The normalized spacial score (nSPS) is 15.0. The fraction of sp³-hybridized carbons (Fsp3) is 0.529. The molecule has 146 valence electrons. The minimum absolute atomic E-state index is 0.318. The molecule has 2 rings (SSSR count). The van der Waals surface area contributed by atoms with Crippen molar-refractivity contribution < 1.29 is 31.9 Å². The first-order chi connectivity index (χ1) is 12.0. The number of nitrogens with one attached hydrogen (secondary N) is 1. The molecule has 0 atom stereocenters. The quantitative estimate of drug-likeness (QED) is 0.635. The van der Waals surface area contributed by atoms with Crippen molar-refractivity contribution in [2.45, 2.75) is 32.5 Å². The van der Waals surface area contributed by atoms with E-state index < -0.39 is 29.0 Å². The number of halogens is 4. The van der Waals surface area contributed by atoms with Gasteiger partial charge in [0.25, 0.3) is 12.4 Å². The number of rotatable bonds is 2. The average molecular weight is 378 g/mol. The Kier molecular flexibility index (Phi) is 7.55. The molecule has 0 aromatic heterocycles. The Hall–Kier alpha value is -2.16. The summed E-state index contributed by atoms with van der Waals surface area (Å²) in [6.45, 7) is 7.73. The highest BCUT2D eigenvalue weighted by Gasteiger charge is 2.36. The lowest BCUT2D eigenvalue weighted by atomic mass is 10.1. The predicted molar refractivity (Wildman–Crippen MR) is 87.1 cm³/mol. The van der Waals surface area contributed by atoms with Crippen LogP contribution in [0.15, 0.2) is 18.2 Å². The average Bonchev–Trinajstić information content (AvgIpc) is 2.53. The molecular formula is C17H22F4N2O3. The zero-order valence-corrected chi connectivity index (χ0v) is 14.8. The zero-order chi connectivity index (χ0) is 20.0. The second kappa shape index (κ2) is 8.98. The van der Waals surface area contributed by atoms with E-state index in [4.69, 9.17) is 0 Å². The number of alkyl halides is 3. The Morgan fingerprint density at radius 3 is 2.19 bits per heavy atom. The SMILES string of the molecule is CC(C)(C)OC=O.O=C(c1cccc(C(F)(F)F)c1F)N1CCNCC1. The second-order valence-corrected chi connectivity index (χ2v) is 6.53. The third-order valence-electron chi connectivity index (χ3n) is 3.34. The monoisotopic (exact) mass is 378 g/mol. The summed E-state index contributed by atoms with van der Waals surface area (Å²) in [4.78, 5) is 22.9. The van der Waals surface area contributed by atoms with Gasteiger partial charge in [0.1, 0.15) is 11.4 Å². The van der Waals surface area contributed by atoms with Crippen LogP contribution in [0.1, 0.15) is 36.7 Å². The van der Waals surface area contributed by atoms with E-state index >= 15 is 0 Å². The van der Waals surface area contributed by atoms with Gasteiger partial charge in [0, 0.05) is 26.2 Å². The molecule has 1 aromatic rings. The van der Waals surface area contributed by atoms with Crippen molar-refractivity contribution in [2.75, 3.05) is 26.2 Å². The lowest BCUT2D eigenvalue weighted by Gasteiger charge is -2.27. The Labute approximate surface area is 149 Å². The molecule has 1 saturated heterocycles. The zero-order valence-electron chi connectivity index (χ0n) is 14.8. The van der Waals surface area contributed by atoms with Crippen LogP contribution in [0.2, 0.25) is 0 Å². The Morgan fingerprint density at radius 2 is 1.77 bits per heavy atom. The molecule has 0 saturated carbocycles. The number of ether oxygens (including phenoxy) is 1. The van der Waals surface area contributed by atoms with Crippen LogP contribution in [0.4, 0.5) is 17.6 Å². The molecule has 0 spiro atoms. The van der Waals surface area contributed by atoms with E-state index in [9.17, 15) is 27.2 Å². The van der Waals surface area contributed by atoms with E-state index in [1.807, 2.05) is 20.8 Å². The van der Waals surface area contributed by atoms with Crippen molar-refractivity contribution >= 4 is 12.4 Å². The first-order valence-corrected chi connectivity index (χ1v) is 7.94. The molecule has 1 aliphatic heterocycles. The minimum atomic E-state index is -4.80. The van der Waals surface area contributed by atoms with Crippen molar-refractivity contribution in [2.24, 2.45) is 0 Å². The van der Waals surface area contributed by atoms with Crippen LogP contribution in [0.25, 0.3) is 0 Å². The molecule has 1 aliphatic rings. The van der Waals surface area contributed by atoms with Crippen molar-refractivity contribution in [3.05, 3.63) is 35.1 Å². The van der Waals surface area contributed by atoms with Gasteiger partial charge in [0.05, 0.1) is 11.1 Å². The van der Waals surface area contributed by atoms with Gasteiger partial charge in [-0.05, 0) is 32.9 Å². The van der Waals surface area contributed by atoms with Crippen LogP contribution in [0.3, 0.4) is 0 Å². The van der Waals surface area contributed by atoms with Gasteiger partial charge in [-0.2, -0.15) is 13.2 Å². The van der Waals surface area contributed by atoms with Gasteiger partial charge >= 0.3 is 6.18 Å². The van der Waals surface area contributed by atoms with Gasteiger partial charge in [-0.3, -0.25) is 9.59 Å². The van der Waals surface area contributed by atoms with E-state index in [0.717, 1.165) is 12.1 Å². The first-order valence-electron chi connectivity index (χ1n) is 7.94. The highest BCUT2D eigenvalue weighted by molar-refractivity contribution is 5.94. The predicted octanol–water partition coefficient (Wildman–Crippen LogP) is 2.85. The summed E-state index contributed by atoms with van der Waals surface area (Å²) in [5.74, 6) is -2.20. The lowest BCUT2D eigenvalue weighted by Crippen LogP contribution is -2.46. The van der Waals surface area contributed by atoms with Gasteiger partial charge in [-0.1, -0.05) is 6.07 Å². The van der Waals surface area contributed by atoms with Gasteiger partial charge < -0.3 is 15.0 Å². The van der Waals surface area contributed by atoms with Crippen LogP contribution < -0.4 is 5.32 Å².